The van der Waals surface area contributed by atoms with E-state index in [4.69, 9.17) is 9.47 Å². The number of carbonyl (C=O) groups excluding carboxylic acids is 1. The number of benzene rings is 2. The van der Waals surface area contributed by atoms with Crippen LogP contribution in [0.1, 0.15) is 13.3 Å². The van der Waals surface area contributed by atoms with E-state index in [1.165, 1.54) is 0 Å². The van der Waals surface area contributed by atoms with E-state index in [9.17, 15) is 13.2 Å². The first-order chi connectivity index (χ1) is 14.0. The minimum Gasteiger partial charge on any atom is -0.486 e. The maximum Gasteiger partial charge on any atom is 0.238 e. The van der Waals surface area contributed by atoms with Gasteiger partial charge in [0.15, 0.2) is 21.3 Å². The summed E-state index contributed by atoms with van der Waals surface area (Å²) < 4.78 is 35.7. The molecule has 0 saturated carbocycles. The predicted octanol–water partition coefficient (Wildman–Crippen LogP) is 2.58. The number of fused-ring (bicyclic) bond motifs is 1. The van der Waals surface area contributed by atoms with Crippen LogP contribution >= 0.6 is 0 Å². The minimum absolute atomic E-state index is 0.0529. The molecule has 0 atom stereocenters. The van der Waals surface area contributed by atoms with Gasteiger partial charge in [-0.05, 0) is 43.8 Å². The second kappa shape index (κ2) is 9.76. The van der Waals surface area contributed by atoms with E-state index in [0.717, 1.165) is 0 Å². The Morgan fingerprint density at radius 2 is 1.79 bits per heavy atom. The average Bonchev–Trinajstić information content (AvgIpc) is 2.73. The first kappa shape index (κ1) is 21.1. The lowest BCUT2D eigenvalue weighted by Gasteiger charge is -2.21. The lowest BCUT2D eigenvalue weighted by Crippen LogP contribution is -2.34. The standard InChI is InChI=1S/C21H26N2O5S/c1-2-23(11-6-14-29(25,26)18-7-4-3-5-8-18)16-21(24)22-17-9-10-19-20(15-17)28-13-12-27-19/h3-5,7-10,15H,2,6,11-14,16H2,1H3,(H,22,24). The van der Waals surface area contributed by atoms with Crippen LogP contribution in [0.4, 0.5) is 5.69 Å². The zero-order chi connectivity index (χ0) is 20.7. The van der Waals surface area contributed by atoms with Gasteiger partial charge in [-0.2, -0.15) is 0 Å². The van der Waals surface area contributed by atoms with Gasteiger partial charge in [-0.15, -0.1) is 0 Å². The summed E-state index contributed by atoms with van der Waals surface area (Å²) in [6.07, 6.45) is 0.461. The molecule has 1 aliphatic rings. The topological polar surface area (TPSA) is 84.9 Å². The Morgan fingerprint density at radius 3 is 2.52 bits per heavy atom. The highest BCUT2D eigenvalue weighted by atomic mass is 32.2. The third-order valence-corrected chi connectivity index (χ3v) is 6.45. The maximum atomic E-state index is 12.4. The fourth-order valence-electron chi connectivity index (χ4n) is 3.10. The van der Waals surface area contributed by atoms with Crippen LogP contribution in [0, 0.1) is 0 Å². The van der Waals surface area contributed by atoms with Crippen molar-refractivity contribution < 1.29 is 22.7 Å². The van der Waals surface area contributed by atoms with Gasteiger partial charge in [0.25, 0.3) is 0 Å². The van der Waals surface area contributed by atoms with E-state index >= 15 is 0 Å². The molecule has 1 amide bonds. The predicted molar refractivity (Wildman–Crippen MR) is 111 cm³/mol. The summed E-state index contributed by atoms with van der Waals surface area (Å²) in [5.41, 5.74) is 0.641. The monoisotopic (exact) mass is 418 g/mol. The third kappa shape index (κ3) is 5.95. The molecule has 3 rings (SSSR count). The Morgan fingerprint density at radius 1 is 1.07 bits per heavy atom. The normalized spacial score (nSPS) is 13.3. The molecule has 2 aromatic rings. The summed E-state index contributed by atoms with van der Waals surface area (Å²) in [6, 6.07) is 13.7. The largest absolute Gasteiger partial charge is 0.486 e. The van der Waals surface area contributed by atoms with Crippen molar-refractivity contribution in [1.29, 1.82) is 0 Å². The van der Waals surface area contributed by atoms with E-state index in [0.29, 0.717) is 54.8 Å². The van der Waals surface area contributed by atoms with Crippen molar-refractivity contribution in [3.63, 3.8) is 0 Å². The molecule has 0 aromatic heterocycles. The molecule has 0 fully saturated rings. The number of hydrogen-bond acceptors (Lipinski definition) is 6. The van der Waals surface area contributed by atoms with E-state index in [2.05, 4.69) is 5.32 Å². The Hall–Kier alpha value is -2.58. The molecular weight excluding hydrogens is 392 g/mol. The highest BCUT2D eigenvalue weighted by Gasteiger charge is 2.16. The molecule has 0 radical (unpaired) electrons. The Bertz CT molecular complexity index is 931. The molecule has 0 bridgehead atoms. The molecule has 8 heteroatoms. The summed E-state index contributed by atoms with van der Waals surface area (Å²) in [5, 5.41) is 2.85. The molecule has 1 heterocycles. The molecule has 2 aromatic carbocycles. The van der Waals surface area contributed by atoms with Crippen LogP contribution < -0.4 is 14.8 Å². The summed E-state index contributed by atoms with van der Waals surface area (Å²) in [7, 11) is -3.30. The van der Waals surface area contributed by atoms with E-state index in [-0.39, 0.29) is 18.2 Å². The Balaban J connectivity index is 1.48. The van der Waals surface area contributed by atoms with Gasteiger partial charge in [0, 0.05) is 11.8 Å². The smallest absolute Gasteiger partial charge is 0.238 e. The second-order valence-corrected chi connectivity index (χ2v) is 8.87. The van der Waals surface area contributed by atoms with Crippen molar-refractivity contribution in [1.82, 2.24) is 4.90 Å². The highest BCUT2D eigenvalue weighted by molar-refractivity contribution is 7.91. The third-order valence-electron chi connectivity index (χ3n) is 4.63. The van der Waals surface area contributed by atoms with Crippen LogP contribution in [-0.2, 0) is 14.6 Å². The molecule has 1 N–H and O–H groups in total. The Kier molecular flexibility index (Phi) is 7.11. The molecule has 0 spiro atoms. The summed E-state index contributed by atoms with van der Waals surface area (Å²) >= 11 is 0. The number of amides is 1. The van der Waals surface area contributed by atoms with Crippen LogP contribution in [-0.4, -0.2) is 57.8 Å². The number of rotatable bonds is 9. The molecule has 7 nitrogen and oxygen atoms in total. The molecule has 0 unspecified atom stereocenters. The van der Waals surface area contributed by atoms with Crippen LogP contribution in [0.15, 0.2) is 53.4 Å². The van der Waals surface area contributed by atoms with Gasteiger partial charge in [-0.3, -0.25) is 9.69 Å². The van der Waals surface area contributed by atoms with Gasteiger partial charge in [0.2, 0.25) is 5.91 Å². The number of nitrogens with zero attached hydrogens (tertiary/aromatic N) is 1. The number of sulfone groups is 1. The molecule has 1 aliphatic heterocycles. The number of nitrogens with one attached hydrogen (secondary N) is 1. The Labute approximate surface area is 171 Å². The zero-order valence-corrected chi connectivity index (χ0v) is 17.3. The first-order valence-electron chi connectivity index (χ1n) is 9.67. The summed E-state index contributed by atoms with van der Waals surface area (Å²) in [4.78, 5) is 14.6. The zero-order valence-electron chi connectivity index (χ0n) is 16.5. The van der Waals surface area contributed by atoms with Gasteiger partial charge < -0.3 is 14.8 Å². The van der Waals surface area contributed by atoms with Crippen LogP contribution in [0.5, 0.6) is 11.5 Å². The van der Waals surface area contributed by atoms with Gasteiger partial charge >= 0.3 is 0 Å². The molecule has 156 valence electrons. The van der Waals surface area contributed by atoms with Gasteiger partial charge in [-0.1, -0.05) is 25.1 Å². The fourth-order valence-corrected chi connectivity index (χ4v) is 4.41. The van der Waals surface area contributed by atoms with Crippen molar-refractivity contribution in [3.8, 4) is 11.5 Å². The van der Waals surface area contributed by atoms with E-state index in [1.807, 2.05) is 11.8 Å². The van der Waals surface area contributed by atoms with E-state index in [1.54, 1.807) is 48.5 Å². The fraction of sp³-hybridized carbons (Fsp3) is 0.381. The molecular formula is C21H26N2O5S. The van der Waals surface area contributed by atoms with Crippen molar-refractivity contribution >= 4 is 21.4 Å². The second-order valence-electron chi connectivity index (χ2n) is 6.76. The minimum atomic E-state index is -3.30. The lowest BCUT2D eigenvalue weighted by atomic mass is 10.2. The van der Waals surface area contributed by atoms with Crippen LogP contribution in [0.25, 0.3) is 0 Å². The van der Waals surface area contributed by atoms with Crippen molar-refractivity contribution in [2.24, 2.45) is 0 Å². The van der Waals surface area contributed by atoms with Gasteiger partial charge in [-0.25, -0.2) is 8.42 Å². The molecule has 29 heavy (non-hydrogen) atoms. The number of likely N-dealkylation sites (N-methyl/N-ethyl adjacent to an activating group) is 1. The van der Waals surface area contributed by atoms with Crippen molar-refractivity contribution in [2.45, 2.75) is 18.2 Å². The van der Waals surface area contributed by atoms with Crippen LogP contribution in [0.3, 0.4) is 0 Å². The van der Waals surface area contributed by atoms with Crippen LogP contribution in [0.2, 0.25) is 0 Å². The first-order valence-corrected chi connectivity index (χ1v) is 11.3. The number of hydrogen-bond donors (Lipinski definition) is 1. The van der Waals surface area contributed by atoms with E-state index < -0.39 is 9.84 Å². The quantitative estimate of drug-likeness (QED) is 0.674. The number of ether oxygens (including phenoxy) is 2. The summed E-state index contributed by atoms with van der Waals surface area (Å²) in [5.74, 6) is 1.18. The summed E-state index contributed by atoms with van der Waals surface area (Å²) in [6.45, 7) is 4.32. The average molecular weight is 419 g/mol. The number of carbonyl (C=O) groups is 1. The van der Waals surface area contributed by atoms with Crippen molar-refractivity contribution in [2.75, 3.05) is 43.9 Å². The highest BCUT2D eigenvalue weighted by Crippen LogP contribution is 2.32. The maximum absolute atomic E-state index is 12.4. The lowest BCUT2D eigenvalue weighted by molar-refractivity contribution is -0.117. The molecule has 0 aliphatic carbocycles. The SMILES string of the molecule is CCN(CCCS(=O)(=O)c1ccccc1)CC(=O)Nc1ccc2c(c1)OCCO2. The van der Waals surface area contributed by atoms with Gasteiger partial charge in [0.05, 0.1) is 17.2 Å². The number of anilines is 1. The van der Waals surface area contributed by atoms with Crippen molar-refractivity contribution in [3.05, 3.63) is 48.5 Å². The van der Waals surface area contributed by atoms with Gasteiger partial charge in [0.1, 0.15) is 13.2 Å². The molecule has 0 saturated heterocycles.